The zero-order chi connectivity index (χ0) is 9.30. The van der Waals surface area contributed by atoms with Gasteiger partial charge in [-0.2, -0.15) is 0 Å². The second kappa shape index (κ2) is 3.65. The first-order valence-corrected chi connectivity index (χ1v) is 3.65. The van der Waals surface area contributed by atoms with Gasteiger partial charge in [0.05, 0.1) is 0 Å². The number of rotatable bonds is 1. The predicted molar refractivity (Wildman–Crippen MR) is 38.0 cm³/mol. The molecular formula is C6H13NO5. The number of hydrogen-bond acceptors (Lipinski definition) is 6. The van der Waals surface area contributed by atoms with Gasteiger partial charge in [0, 0.05) is 6.54 Å². The molecule has 2 unspecified atom stereocenters. The van der Waals surface area contributed by atoms with Crippen LogP contribution in [0.3, 0.4) is 0 Å². The van der Waals surface area contributed by atoms with Crippen LogP contribution in [-0.4, -0.2) is 57.7 Å². The third-order valence-corrected chi connectivity index (χ3v) is 1.92. The molecule has 6 nitrogen and oxygen atoms in total. The van der Waals surface area contributed by atoms with Crippen LogP contribution in [0.25, 0.3) is 0 Å². The van der Waals surface area contributed by atoms with Gasteiger partial charge in [-0.15, -0.1) is 0 Å². The van der Waals surface area contributed by atoms with Crippen molar-refractivity contribution in [2.24, 2.45) is 5.73 Å². The summed E-state index contributed by atoms with van der Waals surface area (Å²) in [4.78, 5) is 0. The highest BCUT2D eigenvalue weighted by Gasteiger charge is 2.42. The van der Waals surface area contributed by atoms with Crippen LogP contribution in [0.5, 0.6) is 0 Å². The van der Waals surface area contributed by atoms with Crippen molar-refractivity contribution < 1.29 is 25.2 Å². The van der Waals surface area contributed by atoms with Gasteiger partial charge in [-0.1, -0.05) is 0 Å². The topological polar surface area (TPSA) is 116 Å². The van der Waals surface area contributed by atoms with E-state index >= 15 is 0 Å². The Hall–Kier alpha value is -0.240. The number of aliphatic hydroxyl groups is 4. The molecule has 0 aromatic heterocycles. The van der Waals surface area contributed by atoms with E-state index in [9.17, 15) is 5.11 Å². The molecule has 0 spiro atoms. The van der Waals surface area contributed by atoms with E-state index in [1.807, 2.05) is 0 Å². The summed E-state index contributed by atoms with van der Waals surface area (Å²) in [6, 6.07) is 0. The Bertz CT molecular complexity index is 150. The molecule has 1 aliphatic rings. The molecule has 5 atom stereocenters. The predicted octanol–water partition coefficient (Wildman–Crippen LogP) is -3.25. The van der Waals surface area contributed by atoms with Gasteiger partial charge in [-0.05, 0) is 0 Å². The standard InChI is InChI=1S/C6H13NO5/c7-1-2-3(8)4(9)5(10)6(11)12-2/h2-6,8-11H,1,7H2/t2-,3-,4?,5-,6?/m1/s1. The third-order valence-electron chi connectivity index (χ3n) is 1.92. The van der Waals surface area contributed by atoms with Crippen molar-refractivity contribution in [3.63, 3.8) is 0 Å². The Morgan fingerprint density at radius 2 is 1.58 bits per heavy atom. The Balaban J connectivity index is 2.63. The maximum atomic E-state index is 9.20. The van der Waals surface area contributed by atoms with Gasteiger partial charge in [-0.25, -0.2) is 0 Å². The van der Waals surface area contributed by atoms with E-state index in [2.05, 4.69) is 0 Å². The lowest BCUT2D eigenvalue weighted by Crippen LogP contribution is -2.59. The molecule has 6 heteroatoms. The molecule has 1 aliphatic heterocycles. The van der Waals surface area contributed by atoms with Crippen LogP contribution in [0, 0.1) is 0 Å². The van der Waals surface area contributed by atoms with Crippen LogP contribution in [0.15, 0.2) is 0 Å². The summed E-state index contributed by atoms with van der Waals surface area (Å²) in [5.41, 5.74) is 5.17. The molecule has 0 aromatic carbocycles. The minimum Gasteiger partial charge on any atom is -0.388 e. The van der Waals surface area contributed by atoms with Gasteiger partial charge < -0.3 is 30.9 Å². The Morgan fingerprint density at radius 3 is 2.08 bits per heavy atom. The van der Waals surface area contributed by atoms with Gasteiger partial charge in [0.2, 0.25) is 0 Å². The first-order chi connectivity index (χ1) is 5.57. The fourth-order valence-electron chi connectivity index (χ4n) is 1.13. The molecule has 1 saturated heterocycles. The minimum atomic E-state index is -1.49. The van der Waals surface area contributed by atoms with Crippen molar-refractivity contribution in [2.45, 2.75) is 30.7 Å². The SMILES string of the molecule is NC[C@H]1OC(O)[C@H](O)C(O)[C@@H]1O. The Morgan fingerprint density at radius 1 is 1.00 bits per heavy atom. The summed E-state index contributed by atoms with van der Waals surface area (Å²) >= 11 is 0. The van der Waals surface area contributed by atoms with Gasteiger partial charge in [0.15, 0.2) is 6.29 Å². The molecular weight excluding hydrogens is 166 g/mol. The normalized spacial score (nSPS) is 49.2. The Labute approximate surface area is 69.2 Å². The molecule has 72 valence electrons. The monoisotopic (exact) mass is 179 g/mol. The molecule has 6 N–H and O–H groups in total. The lowest BCUT2D eigenvalue weighted by molar-refractivity contribution is -0.279. The average molecular weight is 179 g/mol. The maximum Gasteiger partial charge on any atom is 0.184 e. The van der Waals surface area contributed by atoms with Crippen LogP contribution in [0.1, 0.15) is 0 Å². The van der Waals surface area contributed by atoms with Crippen LogP contribution < -0.4 is 5.73 Å². The van der Waals surface area contributed by atoms with Gasteiger partial charge >= 0.3 is 0 Å². The van der Waals surface area contributed by atoms with Crippen LogP contribution in [-0.2, 0) is 4.74 Å². The Kier molecular flexibility index (Phi) is 2.99. The molecule has 0 aromatic rings. The average Bonchev–Trinajstić information content (AvgIpc) is 2.08. The lowest BCUT2D eigenvalue weighted by atomic mass is 9.99. The summed E-state index contributed by atoms with van der Waals surface area (Å²) in [7, 11) is 0. The van der Waals surface area contributed by atoms with Gasteiger partial charge in [0.25, 0.3) is 0 Å². The van der Waals surface area contributed by atoms with Crippen molar-refractivity contribution in [1.29, 1.82) is 0 Å². The summed E-state index contributed by atoms with van der Waals surface area (Å²) in [5.74, 6) is 0. The van der Waals surface area contributed by atoms with Crippen LogP contribution >= 0.6 is 0 Å². The van der Waals surface area contributed by atoms with E-state index in [0.29, 0.717) is 0 Å². The van der Waals surface area contributed by atoms with Crippen LogP contribution in [0.2, 0.25) is 0 Å². The molecule has 1 rings (SSSR count). The molecule has 1 heterocycles. The van der Waals surface area contributed by atoms with Gasteiger partial charge in [0.1, 0.15) is 24.4 Å². The molecule has 1 fully saturated rings. The number of hydrogen-bond donors (Lipinski definition) is 5. The summed E-state index contributed by atoms with van der Waals surface area (Å²) in [6.07, 6.45) is -6.48. The van der Waals surface area contributed by atoms with E-state index in [0.717, 1.165) is 0 Å². The van der Waals surface area contributed by atoms with Crippen molar-refractivity contribution in [3.05, 3.63) is 0 Å². The van der Waals surface area contributed by atoms with E-state index in [-0.39, 0.29) is 6.54 Å². The molecule has 0 aliphatic carbocycles. The molecule has 0 radical (unpaired) electrons. The van der Waals surface area contributed by atoms with E-state index < -0.39 is 30.7 Å². The quantitative estimate of drug-likeness (QED) is 0.288. The first kappa shape index (κ1) is 9.85. The maximum absolute atomic E-state index is 9.20. The zero-order valence-electron chi connectivity index (χ0n) is 6.37. The number of aliphatic hydroxyl groups excluding tert-OH is 4. The summed E-state index contributed by atoms with van der Waals surface area (Å²) < 4.78 is 4.70. The first-order valence-electron chi connectivity index (χ1n) is 3.65. The molecule has 12 heavy (non-hydrogen) atoms. The molecule has 0 bridgehead atoms. The van der Waals surface area contributed by atoms with Crippen molar-refractivity contribution in [2.75, 3.05) is 6.54 Å². The highest BCUT2D eigenvalue weighted by Crippen LogP contribution is 2.18. The van der Waals surface area contributed by atoms with Crippen LogP contribution in [0.4, 0.5) is 0 Å². The fraction of sp³-hybridized carbons (Fsp3) is 1.00. The smallest absolute Gasteiger partial charge is 0.184 e. The molecule has 0 amide bonds. The van der Waals surface area contributed by atoms with E-state index in [1.165, 1.54) is 0 Å². The second-order valence-corrected chi connectivity index (χ2v) is 2.77. The highest BCUT2D eigenvalue weighted by molar-refractivity contribution is 4.88. The second-order valence-electron chi connectivity index (χ2n) is 2.77. The van der Waals surface area contributed by atoms with Crippen molar-refractivity contribution in [3.8, 4) is 0 Å². The highest BCUT2D eigenvalue weighted by atomic mass is 16.6. The summed E-state index contributed by atoms with van der Waals surface area (Å²) in [5, 5.41) is 36.3. The van der Waals surface area contributed by atoms with Crippen molar-refractivity contribution in [1.82, 2.24) is 0 Å². The third kappa shape index (κ3) is 1.58. The van der Waals surface area contributed by atoms with Crippen molar-refractivity contribution >= 4 is 0 Å². The fourth-order valence-corrected chi connectivity index (χ4v) is 1.13. The zero-order valence-corrected chi connectivity index (χ0v) is 6.37. The number of nitrogens with two attached hydrogens (primary N) is 1. The lowest BCUT2D eigenvalue weighted by Gasteiger charge is -2.37. The minimum absolute atomic E-state index is 0.0258. The van der Waals surface area contributed by atoms with Gasteiger partial charge in [-0.3, -0.25) is 0 Å². The van der Waals surface area contributed by atoms with E-state index in [1.54, 1.807) is 0 Å². The summed E-state index contributed by atoms with van der Waals surface area (Å²) in [6.45, 7) is -0.0258. The molecule has 0 saturated carbocycles. The largest absolute Gasteiger partial charge is 0.388 e. The van der Waals surface area contributed by atoms with E-state index in [4.69, 9.17) is 25.8 Å². The number of ether oxygens (including phenoxy) is 1.